The minimum Gasteiger partial charge on any atom is -0.314 e. The molecule has 18 heavy (non-hydrogen) atoms. The first kappa shape index (κ1) is 14.5. The Bertz CT molecular complexity index is 358. The third-order valence-electron chi connectivity index (χ3n) is 3.53. The van der Waals surface area contributed by atoms with Crippen molar-refractivity contribution in [1.29, 1.82) is 0 Å². The molecule has 0 amide bonds. The summed E-state index contributed by atoms with van der Waals surface area (Å²) in [6, 6.07) is 5.10. The van der Waals surface area contributed by atoms with Crippen LogP contribution >= 0.6 is 27.3 Å². The Labute approximate surface area is 123 Å². The molecule has 102 valence electrons. The normalized spacial score (nSPS) is 19.3. The molecular formula is C14H23BrN2S. The monoisotopic (exact) mass is 330 g/mol. The van der Waals surface area contributed by atoms with Crippen molar-refractivity contribution in [2.24, 2.45) is 5.92 Å². The number of nitrogens with zero attached hydrogens (tertiary/aromatic N) is 1. The fourth-order valence-electron chi connectivity index (χ4n) is 2.50. The predicted octanol–water partition coefficient (Wildman–Crippen LogP) is 3.89. The summed E-state index contributed by atoms with van der Waals surface area (Å²) in [7, 11) is 0. The van der Waals surface area contributed by atoms with Gasteiger partial charge in [0.1, 0.15) is 0 Å². The maximum atomic E-state index is 3.59. The van der Waals surface area contributed by atoms with E-state index < -0.39 is 0 Å². The van der Waals surface area contributed by atoms with Crippen molar-refractivity contribution in [3.8, 4) is 0 Å². The molecule has 0 radical (unpaired) electrons. The molecule has 0 aromatic carbocycles. The average molecular weight is 331 g/mol. The van der Waals surface area contributed by atoms with Gasteiger partial charge < -0.3 is 5.32 Å². The zero-order valence-electron chi connectivity index (χ0n) is 11.3. The molecule has 0 bridgehead atoms. The van der Waals surface area contributed by atoms with E-state index in [0.29, 0.717) is 6.04 Å². The molecule has 1 saturated heterocycles. The van der Waals surface area contributed by atoms with E-state index in [-0.39, 0.29) is 0 Å². The SMILES string of the molecule is CC(C)CC[C@H](c1ccc(Br)s1)N1CCNCC1. The van der Waals surface area contributed by atoms with Crippen LogP contribution in [0, 0.1) is 5.92 Å². The van der Waals surface area contributed by atoms with E-state index in [9.17, 15) is 0 Å². The molecule has 1 fully saturated rings. The molecule has 4 heteroatoms. The lowest BCUT2D eigenvalue weighted by atomic mass is 10.0. The van der Waals surface area contributed by atoms with E-state index in [2.05, 4.69) is 52.1 Å². The second-order valence-electron chi connectivity index (χ2n) is 5.41. The van der Waals surface area contributed by atoms with Gasteiger partial charge in [-0.15, -0.1) is 11.3 Å². The van der Waals surface area contributed by atoms with Gasteiger partial charge in [0.2, 0.25) is 0 Å². The minimum absolute atomic E-state index is 0.616. The first-order valence-electron chi connectivity index (χ1n) is 6.87. The third kappa shape index (κ3) is 4.05. The molecule has 0 unspecified atom stereocenters. The summed E-state index contributed by atoms with van der Waals surface area (Å²) < 4.78 is 1.25. The predicted molar refractivity (Wildman–Crippen MR) is 83.3 cm³/mol. The first-order valence-corrected chi connectivity index (χ1v) is 8.48. The molecule has 1 aromatic heterocycles. The summed E-state index contributed by atoms with van der Waals surface area (Å²) in [5.74, 6) is 0.791. The Morgan fingerprint density at radius 2 is 2.00 bits per heavy atom. The third-order valence-corrected chi connectivity index (χ3v) is 5.26. The quantitative estimate of drug-likeness (QED) is 0.880. The van der Waals surface area contributed by atoms with Crippen LogP contribution in [0.2, 0.25) is 0 Å². The second kappa shape index (κ2) is 7.04. The summed E-state index contributed by atoms with van der Waals surface area (Å²) >= 11 is 5.49. The summed E-state index contributed by atoms with van der Waals surface area (Å²) in [5.41, 5.74) is 0. The number of hydrogen-bond donors (Lipinski definition) is 1. The highest BCUT2D eigenvalue weighted by molar-refractivity contribution is 9.11. The van der Waals surface area contributed by atoms with Gasteiger partial charge in [0.15, 0.2) is 0 Å². The molecule has 2 heterocycles. The van der Waals surface area contributed by atoms with E-state index >= 15 is 0 Å². The molecule has 1 N–H and O–H groups in total. The number of hydrogen-bond acceptors (Lipinski definition) is 3. The van der Waals surface area contributed by atoms with Gasteiger partial charge in [-0.2, -0.15) is 0 Å². The lowest BCUT2D eigenvalue weighted by Crippen LogP contribution is -2.45. The second-order valence-corrected chi connectivity index (χ2v) is 7.91. The Hall–Kier alpha value is 0.1000. The van der Waals surface area contributed by atoms with Crippen LogP contribution in [0.5, 0.6) is 0 Å². The Morgan fingerprint density at radius 3 is 2.56 bits per heavy atom. The topological polar surface area (TPSA) is 15.3 Å². The zero-order chi connectivity index (χ0) is 13.0. The Balaban J connectivity index is 2.06. The van der Waals surface area contributed by atoms with Crippen molar-refractivity contribution in [1.82, 2.24) is 10.2 Å². The maximum absolute atomic E-state index is 3.59. The summed E-state index contributed by atoms with van der Waals surface area (Å²) in [6.45, 7) is 9.25. The van der Waals surface area contributed by atoms with Crippen LogP contribution < -0.4 is 5.32 Å². The molecule has 2 nitrogen and oxygen atoms in total. The van der Waals surface area contributed by atoms with E-state index in [1.807, 2.05) is 11.3 Å². The minimum atomic E-state index is 0.616. The largest absolute Gasteiger partial charge is 0.314 e. The highest BCUT2D eigenvalue weighted by Gasteiger charge is 2.23. The smallest absolute Gasteiger partial charge is 0.0701 e. The molecule has 1 atom stereocenters. The molecule has 0 aliphatic carbocycles. The van der Waals surface area contributed by atoms with E-state index in [0.717, 1.165) is 19.0 Å². The zero-order valence-corrected chi connectivity index (χ0v) is 13.7. The van der Waals surface area contributed by atoms with Crippen LogP contribution in [0.3, 0.4) is 0 Å². The van der Waals surface area contributed by atoms with Crippen LogP contribution in [0.1, 0.15) is 37.6 Å². The molecule has 1 aliphatic rings. The van der Waals surface area contributed by atoms with Gasteiger partial charge in [-0.3, -0.25) is 4.90 Å². The van der Waals surface area contributed by atoms with Crippen LogP contribution in [-0.2, 0) is 0 Å². The summed E-state index contributed by atoms with van der Waals surface area (Å²) in [6.07, 6.45) is 2.59. The Kier molecular flexibility index (Phi) is 5.67. The Morgan fingerprint density at radius 1 is 1.28 bits per heavy atom. The van der Waals surface area contributed by atoms with E-state index in [4.69, 9.17) is 0 Å². The van der Waals surface area contributed by atoms with Gasteiger partial charge >= 0.3 is 0 Å². The van der Waals surface area contributed by atoms with E-state index in [1.165, 1.54) is 34.6 Å². The standard InChI is InChI=1S/C14H23BrN2S/c1-11(2)3-4-12(13-5-6-14(15)18-13)17-9-7-16-8-10-17/h5-6,11-12,16H,3-4,7-10H2,1-2H3/t12-/m1/s1. The molecule has 1 aliphatic heterocycles. The van der Waals surface area contributed by atoms with Crippen molar-refractivity contribution in [3.63, 3.8) is 0 Å². The molecular weight excluding hydrogens is 308 g/mol. The van der Waals surface area contributed by atoms with Crippen molar-refractivity contribution < 1.29 is 0 Å². The van der Waals surface area contributed by atoms with E-state index in [1.54, 1.807) is 0 Å². The van der Waals surface area contributed by atoms with Crippen LogP contribution in [0.15, 0.2) is 15.9 Å². The average Bonchev–Trinajstić information content (AvgIpc) is 2.77. The van der Waals surface area contributed by atoms with Crippen molar-refractivity contribution >= 4 is 27.3 Å². The first-order chi connectivity index (χ1) is 8.66. The van der Waals surface area contributed by atoms with Crippen molar-refractivity contribution in [2.75, 3.05) is 26.2 Å². The van der Waals surface area contributed by atoms with Crippen LogP contribution in [0.4, 0.5) is 0 Å². The maximum Gasteiger partial charge on any atom is 0.0701 e. The highest BCUT2D eigenvalue weighted by atomic mass is 79.9. The molecule has 2 rings (SSSR count). The number of rotatable bonds is 5. The fourth-order valence-corrected chi connectivity index (χ4v) is 4.09. The summed E-state index contributed by atoms with van der Waals surface area (Å²) in [4.78, 5) is 4.17. The number of nitrogens with one attached hydrogen (secondary N) is 1. The number of thiophene rings is 1. The van der Waals surface area contributed by atoms with Gasteiger partial charge in [-0.05, 0) is 46.8 Å². The van der Waals surface area contributed by atoms with Gasteiger partial charge in [-0.25, -0.2) is 0 Å². The van der Waals surface area contributed by atoms with Crippen molar-refractivity contribution in [2.45, 2.75) is 32.7 Å². The summed E-state index contributed by atoms with van der Waals surface area (Å²) in [5, 5.41) is 3.44. The molecule has 1 aromatic rings. The lowest BCUT2D eigenvalue weighted by Gasteiger charge is -2.34. The van der Waals surface area contributed by atoms with Gasteiger partial charge in [0.25, 0.3) is 0 Å². The van der Waals surface area contributed by atoms with Crippen LogP contribution in [-0.4, -0.2) is 31.1 Å². The number of halogens is 1. The molecule has 0 spiro atoms. The fraction of sp³-hybridized carbons (Fsp3) is 0.714. The molecule has 0 saturated carbocycles. The number of piperazine rings is 1. The van der Waals surface area contributed by atoms with Crippen molar-refractivity contribution in [3.05, 3.63) is 20.8 Å². The van der Waals surface area contributed by atoms with Gasteiger partial charge in [0, 0.05) is 37.1 Å². The van der Waals surface area contributed by atoms with Gasteiger partial charge in [-0.1, -0.05) is 13.8 Å². The lowest BCUT2D eigenvalue weighted by molar-refractivity contribution is 0.162. The van der Waals surface area contributed by atoms with Gasteiger partial charge in [0.05, 0.1) is 3.79 Å². The van der Waals surface area contributed by atoms with Crippen LogP contribution in [0.25, 0.3) is 0 Å². The highest BCUT2D eigenvalue weighted by Crippen LogP contribution is 2.34.